The highest BCUT2D eigenvalue weighted by Gasteiger charge is 1.93. The Morgan fingerprint density at radius 2 is 2.00 bits per heavy atom. The number of hydrogen-bond acceptors (Lipinski definition) is 2. The first-order chi connectivity index (χ1) is 7.26. The van der Waals surface area contributed by atoms with Crippen molar-refractivity contribution in [2.45, 2.75) is 26.3 Å². The lowest BCUT2D eigenvalue weighted by Gasteiger charge is -2.01. The topological polar surface area (TPSA) is 46.2 Å². The fraction of sp³-hybridized carbons (Fsp3) is 0.385. The average molecular weight is 205 g/mol. The zero-order valence-electron chi connectivity index (χ0n) is 9.24. The number of aliphatic hydroxyl groups excluding tert-OH is 1. The van der Waals surface area contributed by atoms with Gasteiger partial charge >= 0.3 is 0 Å². The summed E-state index contributed by atoms with van der Waals surface area (Å²) < 4.78 is 0. The van der Waals surface area contributed by atoms with Crippen LogP contribution in [0.15, 0.2) is 29.8 Å². The third-order valence-corrected chi connectivity index (χ3v) is 2.36. The minimum atomic E-state index is 0.261. The van der Waals surface area contributed by atoms with Crippen LogP contribution < -0.4 is 5.73 Å². The molecule has 1 aromatic rings. The second-order valence-electron chi connectivity index (χ2n) is 3.76. The largest absolute Gasteiger partial charge is 0.396 e. The molecule has 0 atom stereocenters. The lowest BCUT2D eigenvalue weighted by atomic mass is 10.1. The molecule has 0 heterocycles. The molecule has 1 rings (SSSR count). The van der Waals surface area contributed by atoms with Crippen molar-refractivity contribution in [2.75, 3.05) is 6.61 Å². The van der Waals surface area contributed by atoms with Gasteiger partial charge in [0.1, 0.15) is 0 Å². The third-order valence-electron chi connectivity index (χ3n) is 2.36. The van der Waals surface area contributed by atoms with Crippen molar-refractivity contribution in [3.63, 3.8) is 0 Å². The van der Waals surface area contributed by atoms with E-state index in [0.717, 1.165) is 18.4 Å². The Bertz CT molecular complexity index is 314. The Morgan fingerprint density at radius 1 is 1.33 bits per heavy atom. The molecule has 0 amide bonds. The molecule has 0 saturated carbocycles. The van der Waals surface area contributed by atoms with Gasteiger partial charge in [-0.2, -0.15) is 0 Å². The van der Waals surface area contributed by atoms with E-state index in [1.807, 2.05) is 12.1 Å². The zero-order chi connectivity index (χ0) is 11.1. The molecule has 0 spiro atoms. The third kappa shape index (κ3) is 4.28. The zero-order valence-corrected chi connectivity index (χ0v) is 9.24. The van der Waals surface area contributed by atoms with Gasteiger partial charge in [-0.3, -0.25) is 0 Å². The molecule has 82 valence electrons. The molecule has 0 aromatic heterocycles. The Labute approximate surface area is 91.4 Å². The highest BCUT2D eigenvalue weighted by Crippen LogP contribution is 2.11. The van der Waals surface area contributed by atoms with E-state index in [0.29, 0.717) is 6.54 Å². The van der Waals surface area contributed by atoms with Crippen LogP contribution in [-0.2, 0) is 6.54 Å². The molecule has 0 aliphatic rings. The van der Waals surface area contributed by atoms with Gasteiger partial charge in [-0.1, -0.05) is 35.9 Å². The molecule has 0 aliphatic carbocycles. The van der Waals surface area contributed by atoms with Gasteiger partial charge in [0, 0.05) is 13.2 Å². The monoisotopic (exact) mass is 205 g/mol. The molecule has 3 N–H and O–H groups in total. The summed E-state index contributed by atoms with van der Waals surface area (Å²) in [6.45, 7) is 2.94. The van der Waals surface area contributed by atoms with Gasteiger partial charge in [0.25, 0.3) is 0 Å². The summed E-state index contributed by atoms with van der Waals surface area (Å²) >= 11 is 0. The summed E-state index contributed by atoms with van der Waals surface area (Å²) in [7, 11) is 0. The van der Waals surface area contributed by atoms with Crippen LogP contribution in [0.1, 0.15) is 30.9 Å². The van der Waals surface area contributed by atoms with Crippen molar-refractivity contribution >= 4 is 6.08 Å². The van der Waals surface area contributed by atoms with Crippen molar-refractivity contribution in [3.05, 3.63) is 41.0 Å². The van der Waals surface area contributed by atoms with Gasteiger partial charge in [0.2, 0.25) is 0 Å². The smallest absolute Gasteiger partial charge is 0.0434 e. The van der Waals surface area contributed by atoms with E-state index in [1.165, 1.54) is 11.1 Å². The number of rotatable bonds is 5. The first kappa shape index (κ1) is 12.0. The lowest BCUT2D eigenvalue weighted by Crippen LogP contribution is -1.95. The summed E-state index contributed by atoms with van der Waals surface area (Å²) in [6.07, 6.45) is 3.94. The Morgan fingerprint density at radius 3 is 2.53 bits per heavy atom. The van der Waals surface area contributed by atoms with Gasteiger partial charge in [-0.25, -0.2) is 0 Å². The lowest BCUT2D eigenvalue weighted by molar-refractivity contribution is 0.288. The maximum Gasteiger partial charge on any atom is 0.0434 e. The predicted molar refractivity (Wildman–Crippen MR) is 64.3 cm³/mol. The van der Waals surface area contributed by atoms with Crippen molar-refractivity contribution in [2.24, 2.45) is 5.73 Å². The number of benzene rings is 1. The molecule has 0 unspecified atom stereocenters. The first-order valence-corrected chi connectivity index (χ1v) is 5.33. The van der Waals surface area contributed by atoms with E-state index >= 15 is 0 Å². The van der Waals surface area contributed by atoms with Crippen LogP contribution in [0.25, 0.3) is 6.08 Å². The Balaban J connectivity index is 2.62. The second kappa shape index (κ2) is 6.38. The highest BCUT2D eigenvalue weighted by atomic mass is 16.2. The van der Waals surface area contributed by atoms with Crippen molar-refractivity contribution < 1.29 is 5.11 Å². The van der Waals surface area contributed by atoms with Crippen LogP contribution in [0.5, 0.6) is 0 Å². The number of allylic oxidation sites excluding steroid dienone is 1. The molecular weight excluding hydrogens is 186 g/mol. The minimum absolute atomic E-state index is 0.261. The number of hydrogen-bond donors (Lipinski definition) is 2. The van der Waals surface area contributed by atoms with Crippen LogP contribution in [0.4, 0.5) is 0 Å². The molecule has 2 nitrogen and oxygen atoms in total. The molecule has 15 heavy (non-hydrogen) atoms. The van der Waals surface area contributed by atoms with E-state index < -0.39 is 0 Å². The second-order valence-corrected chi connectivity index (χ2v) is 3.76. The fourth-order valence-electron chi connectivity index (χ4n) is 1.46. The molecular formula is C13H19NO. The van der Waals surface area contributed by atoms with Crippen molar-refractivity contribution in [3.8, 4) is 0 Å². The summed E-state index contributed by atoms with van der Waals surface area (Å²) in [5.74, 6) is 0. The number of nitrogens with two attached hydrogens (primary N) is 1. The maximum atomic E-state index is 8.71. The average Bonchev–Trinajstić information content (AvgIpc) is 2.27. The summed E-state index contributed by atoms with van der Waals surface area (Å²) in [5.41, 5.74) is 9.17. The van der Waals surface area contributed by atoms with Gasteiger partial charge in [-0.05, 0) is 30.9 Å². The van der Waals surface area contributed by atoms with Crippen molar-refractivity contribution in [1.29, 1.82) is 0 Å². The highest BCUT2D eigenvalue weighted by molar-refractivity contribution is 5.52. The standard InChI is InChI=1S/C13H19NO/c1-11(3-2-8-15)9-12-4-6-13(10-14)7-5-12/h4-7,9,15H,2-3,8,10,14H2,1H3/b11-9+. The van der Waals surface area contributed by atoms with Crippen LogP contribution in [0.2, 0.25) is 0 Å². The van der Waals surface area contributed by atoms with Gasteiger partial charge < -0.3 is 10.8 Å². The first-order valence-electron chi connectivity index (χ1n) is 5.33. The summed E-state index contributed by atoms with van der Waals surface area (Å²) in [4.78, 5) is 0. The van der Waals surface area contributed by atoms with Crippen LogP contribution in [-0.4, -0.2) is 11.7 Å². The van der Waals surface area contributed by atoms with Gasteiger partial charge in [0.15, 0.2) is 0 Å². The normalized spacial score (nSPS) is 11.8. The van der Waals surface area contributed by atoms with E-state index in [-0.39, 0.29) is 6.61 Å². The Hall–Kier alpha value is -1.12. The number of aliphatic hydroxyl groups is 1. The fourth-order valence-corrected chi connectivity index (χ4v) is 1.46. The van der Waals surface area contributed by atoms with E-state index in [2.05, 4.69) is 25.1 Å². The van der Waals surface area contributed by atoms with E-state index in [4.69, 9.17) is 10.8 Å². The molecule has 0 saturated heterocycles. The SMILES string of the molecule is C/C(=C\c1ccc(CN)cc1)CCCO. The molecule has 0 fully saturated rings. The Kier molecular flexibility index (Phi) is 5.08. The molecule has 0 radical (unpaired) electrons. The van der Waals surface area contributed by atoms with E-state index in [1.54, 1.807) is 0 Å². The van der Waals surface area contributed by atoms with E-state index in [9.17, 15) is 0 Å². The molecule has 2 heteroatoms. The van der Waals surface area contributed by atoms with Gasteiger partial charge in [0.05, 0.1) is 0 Å². The van der Waals surface area contributed by atoms with Crippen LogP contribution in [0, 0.1) is 0 Å². The molecule has 0 bridgehead atoms. The minimum Gasteiger partial charge on any atom is -0.396 e. The quantitative estimate of drug-likeness (QED) is 0.775. The molecule has 0 aliphatic heterocycles. The predicted octanol–water partition coefficient (Wildman–Crippen LogP) is 2.32. The van der Waals surface area contributed by atoms with Crippen LogP contribution in [0.3, 0.4) is 0 Å². The summed E-state index contributed by atoms with van der Waals surface area (Å²) in [6, 6.07) is 8.24. The van der Waals surface area contributed by atoms with Crippen molar-refractivity contribution in [1.82, 2.24) is 0 Å². The molecule has 1 aromatic carbocycles. The van der Waals surface area contributed by atoms with Crippen LogP contribution >= 0.6 is 0 Å². The van der Waals surface area contributed by atoms with Gasteiger partial charge in [-0.15, -0.1) is 0 Å². The maximum absolute atomic E-state index is 8.71. The summed E-state index contributed by atoms with van der Waals surface area (Å²) in [5, 5.41) is 8.71.